The third kappa shape index (κ3) is 2.93. The van der Waals surface area contributed by atoms with E-state index in [2.05, 4.69) is 13.8 Å². The molecule has 0 amide bonds. The Kier molecular flexibility index (Phi) is 4.17. The van der Waals surface area contributed by atoms with Gasteiger partial charge in [-0.3, -0.25) is 4.79 Å². The highest BCUT2D eigenvalue weighted by atomic mass is 16.3. The minimum absolute atomic E-state index is 0.0995. The molecule has 0 unspecified atom stereocenters. The van der Waals surface area contributed by atoms with Crippen molar-refractivity contribution in [3.8, 4) is 11.3 Å². The summed E-state index contributed by atoms with van der Waals surface area (Å²) in [6.07, 6.45) is 0. The van der Waals surface area contributed by atoms with Gasteiger partial charge in [-0.25, -0.2) is 0 Å². The summed E-state index contributed by atoms with van der Waals surface area (Å²) in [6, 6.07) is 13.5. The first-order chi connectivity index (χ1) is 9.13. The van der Waals surface area contributed by atoms with Gasteiger partial charge in [0, 0.05) is 12.1 Å². The zero-order valence-electron chi connectivity index (χ0n) is 11.3. The summed E-state index contributed by atoms with van der Waals surface area (Å²) in [5.74, 6) is 0.370. The van der Waals surface area contributed by atoms with Gasteiger partial charge in [-0.05, 0) is 23.6 Å². The summed E-state index contributed by atoms with van der Waals surface area (Å²) in [5, 5.41) is 9.23. The number of rotatable bonds is 4. The Morgan fingerprint density at radius 3 is 2.37 bits per heavy atom. The third-order valence-corrected chi connectivity index (χ3v) is 3.04. The number of pyridine rings is 1. The highest BCUT2D eigenvalue weighted by molar-refractivity contribution is 5.59. The maximum atomic E-state index is 12.3. The molecule has 0 radical (unpaired) electrons. The van der Waals surface area contributed by atoms with Crippen molar-refractivity contribution in [1.29, 1.82) is 0 Å². The minimum Gasteiger partial charge on any atom is -0.391 e. The largest absolute Gasteiger partial charge is 0.391 e. The molecule has 0 saturated heterocycles. The lowest BCUT2D eigenvalue weighted by molar-refractivity contribution is 0.279. The van der Waals surface area contributed by atoms with Crippen LogP contribution in [0.15, 0.2) is 47.3 Å². The summed E-state index contributed by atoms with van der Waals surface area (Å²) in [4.78, 5) is 12.3. The van der Waals surface area contributed by atoms with Gasteiger partial charge < -0.3 is 9.67 Å². The van der Waals surface area contributed by atoms with E-state index in [1.807, 2.05) is 36.4 Å². The Bertz CT molecular complexity index is 600. The van der Waals surface area contributed by atoms with Crippen molar-refractivity contribution in [1.82, 2.24) is 4.57 Å². The average molecular weight is 257 g/mol. The lowest BCUT2D eigenvalue weighted by atomic mass is 10.1. The SMILES string of the molecule is CC(C)Cn1c(-c2ccccc2)ccc(CO)c1=O. The van der Waals surface area contributed by atoms with Gasteiger partial charge in [0.2, 0.25) is 0 Å². The molecule has 3 nitrogen and oxygen atoms in total. The van der Waals surface area contributed by atoms with Gasteiger partial charge in [0.1, 0.15) is 0 Å². The first-order valence-corrected chi connectivity index (χ1v) is 6.52. The van der Waals surface area contributed by atoms with Gasteiger partial charge in [0.15, 0.2) is 0 Å². The van der Waals surface area contributed by atoms with Gasteiger partial charge in [-0.15, -0.1) is 0 Å². The van der Waals surface area contributed by atoms with E-state index in [0.717, 1.165) is 11.3 Å². The van der Waals surface area contributed by atoms with E-state index in [9.17, 15) is 9.90 Å². The molecule has 0 bridgehead atoms. The van der Waals surface area contributed by atoms with Crippen LogP contribution in [0.1, 0.15) is 19.4 Å². The summed E-state index contributed by atoms with van der Waals surface area (Å²) < 4.78 is 1.76. The van der Waals surface area contributed by atoms with Gasteiger partial charge in [-0.2, -0.15) is 0 Å². The molecule has 1 heterocycles. The van der Waals surface area contributed by atoms with Crippen LogP contribution < -0.4 is 5.56 Å². The van der Waals surface area contributed by atoms with Crippen LogP contribution in [0.4, 0.5) is 0 Å². The zero-order valence-corrected chi connectivity index (χ0v) is 11.3. The number of hydrogen-bond acceptors (Lipinski definition) is 2. The summed E-state index contributed by atoms with van der Waals surface area (Å²) in [6.45, 7) is 4.59. The number of benzene rings is 1. The second-order valence-electron chi connectivity index (χ2n) is 5.08. The molecule has 0 saturated carbocycles. The molecule has 1 N–H and O–H groups in total. The van der Waals surface area contributed by atoms with E-state index in [1.54, 1.807) is 10.6 Å². The molecule has 0 aliphatic heterocycles. The lowest BCUT2D eigenvalue weighted by Crippen LogP contribution is -2.27. The summed E-state index contributed by atoms with van der Waals surface area (Å²) >= 11 is 0. The zero-order chi connectivity index (χ0) is 13.8. The smallest absolute Gasteiger partial charge is 0.256 e. The van der Waals surface area contributed by atoms with Crippen molar-refractivity contribution in [2.45, 2.75) is 27.0 Å². The molecule has 100 valence electrons. The van der Waals surface area contributed by atoms with Crippen LogP contribution in [-0.2, 0) is 13.2 Å². The van der Waals surface area contributed by atoms with Crippen molar-refractivity contribution in [3.05, 3.63) is 58.4 Å². The quantitative estimate of drug-likeness (QED) is 0.915. The normalized spacial score (nSPS) is 10.9. The summed E-state index contributed by atoms with van der Waals surface area (Å²) in [5.41, 5.74) is 2.26. The maximum absolute atomic E-state index is 12.3. The minimum atomic E-state index is -0.216. The molecule has 0 spiro atoms. The lowest BCUT2D eigenvalue weighted by Gasteiger charge is -2.16. The summed E-state index contributed by atoms with van der Waals surface area (Å²) in [7, 11) is 0. The Labute approximate surface area is 113 Å². The van der Waals surface area contributed by atoms with Crippen LogP contribution in [0, 0.1) is 5.92 Å². The molecule has 0 atom stereocenters. The second kappa shape index (κ2) is 5.85. The highest BCUT2D eigenvalue weighted by Gasteiger charge is 2.10. The van der Waals surface area contributed by atoms with Crippen LogP contribution in [-0.4, -0.2) is 9.67 Å². The molecule has 0 aliphatic carbocycles. The highest BCUT2D eigenvalue weighted by Crippen LogP contribution is 2.19. The van der Waals surface area contributed by atoms with Crippen molar-refractivity contribution in [2.24, 2.45) is 5.92 Å². The third-order valence-electron chi connectivity index (χ3n) is 3.04. The fourth-order valence-corrected chi connectivity index (χ4v) is 2.15. The van der Waals surface area contributed by atoms with Crippen molar-refractivity contribution in [2.75, 3.05) is 0 Å². The Morgan fingerprint density at radius 2 is 1.79 bits per heavy atom. The number of aromatic nitrogens is 1. The predicted molar refractivity (Wildman–Crippen MR) is 76.9 cm³/mol. The molecule has 3 heteroatoms. The van der Waals surface area contributed by atoms with Crippen LogP contribution in [0.2, 0.25) is 0 Å². The first-order valence-electron chi connectivity index (χ1n) is 6.52. The van der Waals surface area contributed by atoms with E-state index in [0.29, 0.717) is 18.0 Å². The number of aliphatic hydroxyl groups excluding tert-OH is 1. The Balaban J connectivity index is 2.61. The fraction of sp³-hybridized carbons (Fsp3) is 0.312. The van der Waals surface area contributed by atoms with Crippen LogP contribution in [0.5, 0.6) is 0 Å². The maximum Gasteiger partial charge on any atom is 0.256 e. The van der Waals surface area contributed by atoms with E-state index in [-0.39, 0.29) is 12.2 Å². The van der Waals surface area contributed by atoms with E-state index >= 15 is 0 Å². The van der Waals surface area contributed by atoms with Gasteiger partial charge in [0.05, 0.1) is 12.3 Å². The van der Waals surface area contributed by atoms with E-state index in [1.165, 1.54) is 0 Å². The second-order valence-corrected chi connectivity index (χ2v) is 5.08. The molecule has 2 rings (SSSR count). The molecule has 1 aromatic heterocycles. The monoisotopic (exact) mass is 257 g/mol. The van der Waals surface area contributed by atoms with Gasteiger partial charge in [0.25, 0.3) is 5.56 Å². The molecule has 2 aromatic rings. The van der Waals surface area contributed by atoms with E-state index in [4.69, 9.17) is 0 Å². The van der Waals surface area contributed by atoms with Crippen LogP contribution in [0.25, 0.3) is 11.3 Å². The molecule has 19 heavy (non-hydrogen) atoms. The van der Waals surface area contributed by atoms with Gasteiger partial charge in [-0.1, -0.05) is 44.2 Å². The molecule has 0 aliphatic rings. The molecule has 1 aromatic carbocycles. The van der Waals surface area contributed by atoms with E-state index < -0.39 is 0 Å². The van der Waals surface area contributed by atoms with Crippen molar-refractivity contribution in [3.63, 3.8) is 0 Å². The van der Waals surface area contributed by atoms with Crippen LogP contribution in [0.3, 0.4) is 0 Å². The molecular weight excluding hydrogens is 238 g/mol. The Hall–Kier alpha value is -1.87. The number of nitrogens with zero attached hydrogens (tertiary/aromatic N) is 1. The average Bonchev–Trinajstić information content (AvgIpc) is 2.41. The Morgan fingerprint density at radius 1 is 1.11 bits per heavy atom. The standard InChI is InChI=1S/C16H19NO2/c1-12(2)10-17-15(13-6-4-3-5-7-13)9-8-14(11-18)16(17)19/h3-9,12,18H,10-11H2,1-2H3. The molecular formula is C16H19NO2. The predicted octanol–water partition coefficient (Wildman–Crippen LogP) is 2.66. The number of hydrogen-bond donors (Lipinski definition) is 1. The van der Waals surface area contributed by atoms with Gasteiger partial charge >= 0.3 is 0 Å². The first kappa shape index (κ1) is 13.6. The fourth-order valence-electron chi connectivity index (χ4n) is 2.15. The number of aliphatic hydroxyl groups is 1. The van der Waals surface area contributed by atoms with Crippen molar-refractivity contribution >= 4 is 0 Å². The molecule has 0 fully saturated rings. The van der Waals surface area contributed by atoms with Crippen molar-refractivity contribution < 1.29 is 5.11 Å². The topological polar surface area (TPSA) is 42.2 Å². The van der Waals surface area contributed by atoms with Crippen LogP contribution >= 0.6 is 0 Å².